The summed E-state index contributed by atoms with van der Waals surface area (Å²) in [4.78, 5) is 8.84. The topological polar surface area (TPSA) is 37.8 Å². The van der Waals surface area contributed by atoms with Crippen molar-refractivity contribution in [3.8, 4) is 12.3 Å². The van der Waals surface area contributed by atoms with Crippen LogP contribution in [0.25, 0.3) is 10.9 Å². The minimum Gasteiger partial charge on any atom is -0.325 e. The van der Waals surface area contributed by atoms with E-state index in [0.29, 0.717) is 0 Å². The lowest BCUT2D eigenvalue weighted by Gasteiger charge is -2.08. The van der Waals surface area contributed by atoms with E-state index in [2.05, 4.69) is 34.2 Å². The lowest BCUT2D eigenvalue weighted by atomic mass is 10.1. The minimum absolute atomic E-state index is 0.728. The van der Waals surface area contributed by atoms with Crippen LogP contribution in [0.15, 0.2) is 48.7 Å². The van der Waals surface area contributed by atoms with Gasteiger partial charge in [-0.3, -0.25) is 0 Å². The van der Waals surface area contributed by atoms with Gasteiger partial charge in [-0.1, -0.05) is 24.1 Å². The summed E-state index contributed by atoms with van der Waals surface area (Å²) in [5, 5.41) is 4.36. The van der Waals surface area contributed by atoms with E-state index in [1.54, 1.807) is 6.20 Å². The predicted octanol–water partition coefficient (Wildman–Crippen LogP) is 3.66. The summed E-state index contributed by atoms with van der Waals surface area (Å²) in [7, 11) is 0. The average Bonchev–Trinajstić information content (AvgIpc) is 2.48. The molecule has 96 valence electrons. The smallest absolute Gasteiger partial charge is 0.132 e. The van der Waals surface area contributed by atoms with Crippen LogP contribution in [0.5, 0.6) is 0 Å². The van der Waals surface area contributed by atoms with Crippen molar-refractivity contribution in [3.05, 3.63) is 59.8 Å². The maximum atomic E-state index is 5.31. The summed E-state index contributed by atoms with van der Waals surface area (Å²) in [6.07, 6.45) is 6.97. The second kappa shape index (κ2) is 5.02. The van der Waals surface area contributed by atoms with Gasteiger partial charge in [0.05, 0.1) is 5.52 Å². The third-order valence-electron chi connectivity index (χ3n) is 3.11. The Morgan fingerprint density at radius 1 is 1.10 bits per heavy atom. The van der Waals surface area contributed by atoms with Crippen molar-refractivity contribution in [1.82, 2.24) is 9.97 Å². The molecule has 0 spiro atoms. The molecule has 0 aliphatic heterocycles. The van der Waals surface area contributed by atoms with Crippen LogP contribution in [0.4, 0.5) is 11.6 Å². The highest BCUT2D eigenvalue weighted by molar-refractivity contribution is 5.84. The van der Waals surface area contributed by atoms with Gasteiger partial charge in [0.2, 0.25) is 0 Å². The maximum Gasteiger partial charge on any atom is 0.132 e. The Balaban J connectivity index is 1.96. The van der Waals surface area contributed by atoms with E-state index in [4.69, 9.17) is 6.42 Å². The third kappa shape index (κ3) is 2.32. The van der Waals surface area contributed by atoms with E-state index in [1.807, 2.05) is 36.4 Å². The molecule has 0 aliphatic carbocycles. The van der Waals surface area contributed by atoms with Gasteiger partial charge in [0.1, 0.15) is 11.6 Å². The zero-order valence-corrected chi connectivity index (χ0v) is 11.1. The Labute approximate surface area is 117 Å². The lowest BCUT2D eigenvalue weighted by Crippen LogP contribution is -1.97. The molecular weight excluding hydrogens is 246 g/mol. The van der Waals surface area contributed by atoms with Gasteiger partial charge in [-0.15, -0.1) is 6.42 Å². The van der Waals surface area contributed by atoms with Crippen molar-refractivity contribution >= 4 is 22.5 Å². The van der Waals surface area contributed by atoms with Gasteiger partial charge in [0.15, 0.2) is 0 Å². The molecule has 2 heterocycles. The van der Waals surface area contributed by atoms with Crippen molar-refractivity contribution < 1.29 is 0 Å². The summed E-state index contributed by atoms with van der Waals surface area (Å²) < 4.78 is 0. The quantitative estimate of drug-likeness (QED) is 0.714. The van der Waals surface area contributed by atoms with Gasteiger partial charge < -0.3 is 5.32 Å². The number of para-hydroxylation sites is 1. The number of pyridine rings is 2. The van der Waals surface area contributed by atoms with E-state index in [9.17, 15) is 0 Å². The van der Waals surface area contributed by atoms with Gasteiger partial charge in [-0.2, -0.15) is 0 Å². The molecule has 20 heavy (non-hydrogen) atoms. The summed E-state index contributed by atoms with van der Waals surface area (Å²) in [5.74, 6) is 4.05. The van der Waals surface area contributed by atoms with Crippen molar-refractivity contribution in [2.24, 2.45) is 0 Å². The Kier molecular flexibility index (Phi) is 3.06. The second-order valence-electron chi connectivity index (χ2n) is 4.54. The van der Waals surface area contributed by atoms with Crippen molar-refractivity contribution in [3.63, 3.8) is 0 Å². The standard InChI is InChI=1S/C17H13N3/c1-3-13-8-9-16(18-11-13)20-17-10-12(2)14-6-4-5-7-15(14)19-17/h1,4-11H,2H3,(H,18,19,20). The molecule has 0 fully saturated rings. The van der Waals surface area contributed by atoms with Crippen LogP contribution in [0.1, 0.15) is 11.1 Å². The molecule has 0 bridgehead atoms. The minimum atomic E-state index is 0.728. The summed E-state index contributed by atoms with van der Waals surface area (Å²) >= 11 is 0. The number of nitrogens with zero attached hydrogens (tertiary/aromatic N) is 2. The zero-order chi connectivity index (χ0) is 13.9. The van der Waals surface area contributed by atoms with Gasteiger partial charge in [-0.25, -0.2) is 9.97 Å². The molecule has 0 amide bonds. The fraction of sp³-hybridized carbons (Fsp3) is 0.0588. The molecule has 0 aliphatic rings. The Morgan fingerprint density at radius 2 is 1.95 bits per heavy atom. The molecule has 3 aromatic rings. The van der Waals surface area contributed by atoms with Crippen LogP contribution >= 0.6 is 0 Å². The number of benzene rings is 1. The maximum absolute atomic E-state index is 5.31. The molecule has 1 aromatic carbocycles. The number of nitrogens with one attached hydrogen (secondary N) is 1. The van der Waals surface area contributed by atoms with Crippen LogP contribution in [0.2, 0.25) is 0 Å². The summed E-state index contributed by atoms with van der Waals surface area (Å²) in [6, 6.07) is 13.8. The summed E-state index contributed by atoms with van der Waals surface area (Å²) in [6.45, 7) is 2.07. The molecular formula is C17H13N3. The highest BCUT2D eigenvalue weighted by atomic mass is 15.0. The highest BCUT2D eigenvalue weighted by Gasteiger charge is 2.03. The van der Waals surface area contributed by atoms with Crippen LogP contribution in [0.3, 0.4) is 0 Å². The highest BCUT2D eigenvalue weighted by Crippen LogP contribution is 2.21. The molecule has 0 saturated carbocycles. The number of rotatable bonds is 2. The van der Waals surface area contributed by atoms with Gasteiger partial charge in [0.25, 0.3) is 0 Å². The van der Waals surface area contributed by atoms with Crippen molar-refractivity contribution in [2.45, 2.75) is 6.92 Å². The van der Waals surface area contributed by atoms with Crippen molar-refractivity contribution in [1.29, 1.82) is 0 Å². The van der Waals surface area contributed by atoms with E-state index < -0.39 is 0 Å². The third-order valence-corrected chi connectivity index (χ3v) is 3.11. The van der Waals surface area contributed by atoms with Gasteiger partial charge in [0, 0.05) is 17.1 Å². The second-order valence-corrected chi connectivity index (χ2v) is 4.54. The Hall–Kier alpha value is -2.86. The molecule has 3 rings (SSSR count). The van der Waals surface area contributed by atoms with E-state index >= 15 is 0 Å². The molecule has 0 unspecified atom stereocenters. The summed E-state index contributed by atoms with van der Waals surface area (Å²) in [5.41, 5.74) is 2.91. The largest absolute Gasteiger partial charge is 0.325 e. The molecule has 3 nitrogen and oxygen atoms in total. The van der Waals surface area contributed by atoms with Gasteiger partial charge in [-0.05, 0) is 36.8 Å². The Bertz CT molecular complexity index is 799. The molecule has 2 aromatic heterocycles. The number of hydrogen-bond acceptors (Lipinski definition) is 3. The van der Waals surface area contributed by atoms with E-state index in [0.717, 1.165) is 28.1 Å². The van der Waals surface area contributed by atoms with Gasteiger partial charge >= 0.3 is 0 Å². The normalized spacial score (nSPS) is 10.2. The first-order valence-electron chi connectivity index (χ1n) is 6.32. The number of terminal acetylenes is 1. The van der Waals surface area contributed by atoms with Crippen LogP contribution in [0, 0.1) is 19.3 Å². The predicted molar refractivity (Wildman–Crippen MR) is 81.9 cm³/mol. The number of aryl methyl sites for hydroxylation is 1. The first-order chi connectivity index (χ1) is 9.76. The number of aromatic nitrogens is 2. The fourth-order valence-corrected chi connectivity index (χ4v) is 2.10. The number of anilines is 2. The molecule has 0 radical (unpaired) electrons. The molecule has 3 heteroatoms. The fourth-order valence-electron chi connectivity index (χ4n) is 2.10. The SMILES string of the molecule is C#Cc1ccc(Nc2cc(C)c3ccccc3n2)nc1. The number of fused-ring (bicyclic) bond motifs is 1. The Morgan fingerprint density at radius 3 is 2.70 bits per heavy atom. The van der Waals surface area contributed by atoms with Crippen LogP contribution in [-0.4, -0.2) is 9.97 Å². The van der Waals surface area contributed by atoms with E-state index in [-0.39, 0.29) is 0 Å². The van der Waals surface area contributed by atoms with Crippen LogP contribution < -0.4 is 5.32 Å². The first-order valence-corrected chi connectivity index (χ1v) is 6.32. The number of hydrogen-bond donors (Lipinski definition) is 1. The van der Waals surface area contributed by atoms with Crippen molar-refractivity contribution in [2.75, 3.05) is 5.32 Å². The first kappa shape index (κ1) is 12.2. The molecule has 0 saturated heterocycles. The van der Waals surface area contributed by atoms with Crippen LogP contribution in [-0.2, 0) is 0 Å². The zero-order valence-electron chi connectivity index (χ0n) is 11.1. The molecule has 0 atom stereocenters. The lowest BCUT2D eigenvalue weighted by molar-refractivity contribution is 1.26. The average molecular weight is 259 g/mol. The molecule has 1 N–H and O–H groups in total. The monoisotopic (exact) mass is 259 g/mol. The van der Waals surface area contributed by atoms with E-state index in [1.165, 1.54) is 5.56 Å².